The molecule has 1 aromatic rings. The number of aromatic nitrogens is 1. The maximum absolute atomic E-state index is 11.1. The molecule has 0 bridgehead atoms. The Morgan fingerprint density at radius 1 is 1.46 bits per heavy atom. The Balaban J connectivity index is 3.14. The summed E-state index contributed by atoms with van der Waals surface area (Å²) in [6, 6.07) is 1.93. The van der Waals surface area contributed by atoms with Crippen LogP contribution in [0.5, 0.6) is 0 Å². The lowest BCUT2D eigenvalue weighted by Crippen LogP contribution is -2.35. The van der Waals surface area contributed by atoms with Crippen LogP contribution < -0.4 is 5.73 Å². The molecule has 0 atom stereocenters. The normalized spacial score (nSPS) is 11.3. The molecule has 70 valence electrons. The Hall–Kier alpha value is -1.38. The molecule has 0 aromatic carbocycles. The molecule has 0 fully saturated rings. The second kappa shape index (κ2) is 3.17. The van der Waals surface area contributed by atoms with Gasteiger partial charge in [-0.1, -0.05) is 6.07 Å². The lowest BCUT2D eigenvalue weighted by Gasteiger charge is -2.20. The number of amides is 1. The average molecular weight is 178 g/mol. The predicted octanol–water partition coefficient (Wildman–Crippen LogP) is 1.15. The van der Waals surface area contributed by atoms with Crippen LogP contribution in [0.3, 0.4) is 0 Å². The highest BCUT2D eigenvalue weighted by Crippen LogP contribution is 2.22. The van der Waals surface area contributed by atoms with Crippen LogP contribution in [0.4, 0.5) is 0 Å². The van der Waals surface area contributed by atoms with Crippen molar-refractivity contribution < 1.29 is 4.79 Å². The molecule has 13 heavy (non-hydrogen) atoms. The van der Waals surface area contributed by atoms with E-state index in [4.69, 9.17) is 5.73 Å². The number of nitrogens with two attached hydrogens (primary N) is 1. The number of carbonyl (C=O) groups is 1. The molecule has 0 spiro atoms. The van der Waals surface area contributed by atoms with E-state index in [1.807, 2.05) is 13.0 Å². The Labute approximate surface area is 78.0 Å². The van der Waals surface area contributed by atoms with Crippen LogP contribution in [0.25, 0.3) is 0 Å². The van der Waals surface area contributed by atoms with Crippen molar-refractivity contribution in [3.8, 4) is 0 Å². The quantitative estimate of drug-likeness (QED) is 0.738. The Bertz CT molecular complexity index is 331. The van der Waals surface area contributed by atoms with Crippen molar-refractivity contribution in [1.29, 1.82) is 0 Å². The molecule has 0 unspecified atom stereocenters. The summed E-state index contributed by atoms with van der Waals surface area (Å²) < 4.78 is 0. The van der Waals surface area contributed by atoms with Crippen LogP contribution >= 0.6 is 0 Å². The van der Waals surface area contributed by atoms with Gasteiger partial charge >= 0.3 is 0 Å². The minimum absolute atomic E-state index is 0.333. The van der Waals surface area contributed by atoms with E-state index in [9.17, 15) is 4.79 Å². The van der Waals surface area contributed by atoms with Gasteiger partial charge in [0.2, 0.25) is 5.91 Å². The zero-order valence-corrected chi connectivity index (χ0v) is 8.16. The summed E-state index contributed by atoms with van der Waals surface area (Å²) in [5.74, 6) is -0.333. The number of rotatable bonds is 2. The van der Waals surface area contributed by atoms with Crippen LogP contribution in [0.2, 0.25) is 0 Å². The first-order chi connectivity index (χ1) is 5.94. The zero-order valence-electron chi connectivity index (χ0n) is 8.16. The molecular formula is C10H14N2O. The molecule has 1 amide bonds. The number of hydrogen-bond acceptors (Lipinski definition) is 2. The number of pyridine rings is 1. The van der Waals surface area contributed by atoms with Crippen LogP contribution in [-0.4, -0.2) is 10.9 Å². The van der Waals surface area contributed by atoms with E-state index >= 15 is 0 Å². The molecule has 0 saturated heterocycles. The highest BCUT2D eigenvalue weighted by molar-refractivity contribution is 5.85. The molecule has 3 nitrogen and oxygen atoms in total. The number of primary amides is 1. The van der Waals surface area contributed by atoms with Gasteiger partial charge in [0.15, 0.2) is 0 Å². The van der Waals surface area contributed by atoms with Crippen LogP contribution in [-0.2, 0) is 10.2 Å². The first-order valence-corrected chi connectivity index (χ1v) is 4.16. The fraction of sp³-hybridized carbons (Fsp3) is 0.400. The van der Waals surface area contributed by atoms with Crippen molar-refractivity contribution in [2.24, 2.45) is 5.73 Å². The Morgan fingerprint density at radius 2 is 2.08 bits per heavy atom. The molecule has 3 heteroatoms. The first-order valence-electron chi connectivity index (χ1n) is 4.16. The number of nitrogens with zero attached hydrogens (tertiary/aromatic N) is 1. The molecule has 0 aliphatic heterocycles. The third kappa shape index (κ3) is 1.86. The lowest BCUT2D eigenvalue weighted by molar-refractivity contribution is -0.122. The largest absolute Gasteiger partial charge is 0.369 e. The Morgan fingerprint density at radius 3 is 2.54 bits per heavy atom. The van der Waals surface area contributed by atoms with Crippen molar-refractivity contribution in [3.05, 3.63) is 29.6 Å². The lowest BCUT2D eigenvalue weighted by atomic mass is 9.84. The van der Waals surface area contributed by atoms with Gasteiger partial charge in [0.05, 0.1) is 5.41 Å². The average Bonchev–Trinajstić information content (AvgIpc) is 2.04. The molecule has 1 heterocycles. The van der Waals surface area contributed by atoms with Crippen LogP contribution in [0.1, 0.15) is 25.0 Å². The summed E-state index contributed by atoms with van der Waals surface area (Å²) >= 11 is 0. The standard InChI is InChI=1S/C10H14N2O/c1-7-4-8(6-12-5-7)10(2,3)9(11)13/h4-6H,1-3H3,(H2,11,13). The maximum Gasteiger partial charge on any atom is 0.227 e. The summed E-state index contributed by atoms with van der Waals surface area (Å²) in [6.07, 6.45) is 3.43. The third-order valence-electron chi connectivity index (χ3n) is 2.21. The van der Waals surface area contributed by atoms with Gasteiger partial charge in [-0.15, -0.1) is 0 Å². The van der Waals surface area contributed by atoms with Gasteiger partial charge in [0.1, 0.15) is 0 Å². The number of aryl methyl sites for hydroxylation is 1. The van der Waals surface area contributed by atoms with Crippen molar-refractivity contribution in [1.82, 2.24) is 4.98 Å². The first kappa shape index (κ1) is 9.71. The van der Waals surface area contributed by atoms with Gasteiger partial charge < -0.3 is 5.73 Å². The minimum atomic E-state index is -0.640. The topological polar surface area (TPSA) is 56.0 Å². The molecule has 2 N–H and O–H groups in total. The maximum atomic E-state index is 11.1. The van der Waals surface area contributed by atoms with E-state index in [2.05, 4.69) is 4.98 Å². The van der Waals surface area contributed by atoms with E-state index in [0.717, 1.165) is 11.1 Å². The van der Waals surface area contributed by atoms with Crippen molar-refractivity contribution >= 4 is 5.91 Å². The summed E-state index contributed by atoms with van der Waals surface area (Å²) in [5, 5.41) is 0. The molecule has 1 rings (SSSR count). The van der Waals surface area contributed by atoms with Crippen LogP contribution in [0, 0.1) is 6.92 Å². The highest BCUT2D eigenvalue weighted by atomic mass is 16.1. The van der Waals surface area contributed by atoms with E-state index < -0.39 is 5.41 Å². The second-order valence-electron chi connectivity index (χ2n) is 3.74. The molecule has 0 saturated carbocycles. The zero-order chi connectivity index (χ0) is 10.1. The highest BCUT2D eigenvalue weighted by Gasteiger charge is 2.27. The summed E-state index contributed by atoms with van der Waals surface area (Å²) in [6.45, 7) is 5.53. The predicted molar refractivity (Wildman–Crippen MR) is 51.2 cm³/mol. The summed E-state index contributed by atoms with van der Waals surface area (Å²) in [4.78, 5) is 15.2. The SMILES string of the molecule is Cc1cncc(C(C)(C)C(N)=O)c1. The van der Waals surface area contributed by atoms with Crippen molar-refractivity contribution in [3.63, 3.8) is 0 Å². The van der Waals surface area contributed by atoms with Gasteiger partial charge in [0, 0.05) is 12.4 Å². The molecule has 1 aromatic heterocycles. The smallest absolute Gasteiger partial charge is 0.227 e. The second-order valence-corrected chi connectivity index (χ2v) is 3.74. The molecule has 0 aliphatic rings. The van der Waals surface area contributed by atoms with Gasteiger partial charge in [-0.25, -0.2) is 0 Å². The minimum Gasteiger partial charge on any atom is -0.369 e. The van der Waals surface area contributed by atoms with E-state index in [1.54, 1.807) is 26.2 Å². The van der Waals surface area contributed by atoms with Gasteiger partial charge in [0.25, 0.3) is 0 Å². The van der Waals surface area contributed by atoms with E-state index in [1.165, 1.54) is 0 Å². The number of hydrogen-bond donors (Lipinski definition) is 1. The molecule has 0 radical (unpaired) electrons. The van der Waals surface area contributed by atoms with Gasteiger partial charge in [-0.05, 0) is 31.9 Å². The van der Waals surface area contributed by atoms with Crippen molar-refractivity contribution in [2.45, 2.75) is 26.2 Å². The van der Waals surface area contributed by atoms with E-state index in [0.29, 0.717) is 0 Å². The van der Waals surface area contributed by atoms with Gasteiger partial charge in [-0.3, -0.25) is 9.78 Å². The summed E-state index contributed by atoms with van der Waals surface area (Å²) in [5.41, 5.74) is 6.54. The molecular weight excluding hydrogens is 164 g/mol. The fourth-order valence-corrected chi connectivity index (χ4v) is 1.04. The van der Waals surface area contributed by atoms with Crippen LogP contribution in [0.15, 0.2) is 18.5 Å². The molecule has 0 aliphatic carbocycles. The monoisotopic (exact) mass is 178 g/mol. The van der Waals surface area contributed by atoms with Gasteiger partial charge in [-0.2, -0.15) is 0 Å². The van der Waals surface area contributed by atoms with Crippen molar-refractivity contribution in [2.75, 3.05) is 0 Å². The summed E-state index contributed by atoms with van der Waals surface area (Å²) in [7, 11) is 0. The number of carbonyl (C=O) groups excluding carboxylic acids is 1. The fourth-order valence-electron chi connectivity index (χ4n) is 1.04. The van der Waals surface area contributed by atoms with E-state index in [-0.39, 0.29) is 5.91 Å². The Kier molecular flexibility index (Phi) is 2.36. The third-order valence-corrected chi connectivity index (χ3v) is 2.21.